The highest BCUT2D eigenvalue weighted by Gasteiger charge is 2.36. The first-order valence-corrected chi connectivity index (χ1v) is 11.0. The van der Waals surface area contributed by atoms with Crippen LogP contribution in [-0.4, -0.2) is 80.6 Å². The summed E-state index contributed by atoms with van der Waals surface area (Å²) in [6, 6.07) is 10.6. The fourth-order valence-corrected chi connectivity index (χ4v) is 4.01. The van der Waals surface area contributed by atoms with E-state index >= 15 is 0 Å². The minimum absolute atomic E-state index is 0.178. The molecule has 0 radical (unpaired) electrons. The van der Waals surface area contributed by atoms with E-state index in [0.717, 1.165) is 51.2 Å². The van der Waals surface area contributed by atoms with Crippen LogP contribution in [0.15, 0.2) is 51.8 Å². The number of hydrazone groups is 2. The maximum absolute atomic E-state index is 5.11. The van der Waals surface area contributed by atoms with E-state index in [2.05, 4.69) is 92.6 Å². The average molecular weight is 411 g/mol. The van der Waals surface area contributed by atoms with Gasteiger partial charge in [-0.15, -0.1) is 0 Å². The third kappa shape index (κ3) is 5.92. The van der Waals surface area contributed by atoms with Crippen molar-refractivity contribution in [1.29, 1.82) is 0 Å². The molecule has 0 saturated heterocycles. The molecule has 0 atom stereocenters. The number of allylic oxidation sites excluding steroid dienone is 2. The number of hydrogen-bond donors (Lipinski definition) is 1. The minimum Gasteiger partial charge on any atom is -0.309 e. The summed E-state index contributed by atoms with van der Waals surface area (Å²) in [5, 5.41) is 12.2. The van der Waals surface area contributed by atoms with E-state index in [1.807, 2.05) is 0 Å². The summed E-state index contributed by atoms with van der Waals surface area (Å²) < 4.78 is 0. The second-order valence-corrected chi connectivity index (χ2v) is 9.73. The lowest BCUT2D eigenvalue weighted by Gasteiger charge is -2.40. The lowest BCUT2D eigenvalue weighted by atomic mass is 9.73. The Kier molecular flexibility index (Phi) is 7.32. The molecule has 0 bridgehead atoms. The minimum atomic E-state index is 0.178. The summed E-state index contributed by atoms with van der Waals surface area (Å²) in [5.74, 6) is 0. The summed E-state index contributed by atoms with van der Waals surface area (Å²) in [7, 11) is 8.41. The van der Waals surface area contributed by atoms with Gasteiger partial charge in [-0.2, -0.15) is 10.2 Å². The summed E-state index contributed by atoms with van der Waals surface area (Å²) in [6.07, 6.45) is 2.88. The Bertz CT molecular complexity index is 804. The number of rotatable bonds is 8. The van der Waals surface area contributed by atoms with Crippen LogP contribution in [0.5, 0.6) is 0 Å². The van der Waals surface area contributed by atoms with Crippen molar-refractivity contribution in [2.24, 2.45) is 15.6 Å². The molecule has 6 nitrogen and oxygen atoms in total. The van der Waals surface area contributed by atoms with Crippen LogP contribution in [0.2, 0.25) is 0 Å². The van der Waals surface area contributed by atoms with Gasteiger partial charge >= 0.3 is 0 Å². The van der Waals surface area contributed by atoms with E-state index in [1.54, 1.807) is 0 Å². The predicted molar refractivity (Wildman–Crippen MR) is 127 cm³/mol. The Balaban J connectivity index is 1.93. The van der Waals surface area contributed by atoms with E-state index in [4.69, 9.17) is 10.2 Å². The van der Waals surface area contributed by atoms with Gasteiger partial charge in [0.25, 0.3) is 0 Å². The van der Waals surface area contributed by atoms with Gasteiger partial charge in [-0.05, 0) is 52.0 Å². The van der Waals surface area contributed by atoms with E-state index in [0.29, 0.717) is 0 Å². The molecule has 1 aliphatic carbocycles. The molecule has 0 amide bonds. The van der Waals surface area contributed by atoms with Gasteiger partial charge in [0.1, 0.15) is 0 Å². The highest BCUT2D eigenvalue weighted by molar-refractivity contribution is 6.11. The topological polar surface area (TPSA) is 46.5 Å². The number of nitrogens with one attached hydrogen (secondary N) is 1. The largest absolute Gasteiger partial charge is 0.309 e. The van der Waals surface area contributed by atoms with Crippen molar-refractivity contribution in [3.8, 4) is 0 Å². The van der Waals surface area contributed by atoms with Gasteiger partial charge in [-0.3, -0.25) is 5.01 Å². The summed E-state index contributed by atoms with van der Waals surface area (Å²) in [4.78, 5) is 4.39. The molecule has 3 rings (SSSR count). The Morgan fingerprint density at radius 3 is 2.40 bits per heavy atom. The first-order chi connectivity index (χ1) is 14.2. The number of hydrogen-bond acceptors (Lipinski definition) is 6. The van der Waals surface area contributed by atoms with Crippen molar-refractivity contribution < 1.29 is 0 Å². The van der Waals surface area contributed by atoms with Crippen LogP contribution in [0, 0.1) is 5.41 Å². The zero-order valence-corrected chi connectivity index (χ0v) is 19.6. The molecular weight excluding hydrogens is 372 g/mol. The van der Waals surface area contributed by atoms with Gasteiger partial charge in [0.15, 0.2) is 0 Å². The van der Waals surface area contributed by atoms with E-state index in [1.165, 1.54) is 22.5 Å². The van der Waals surface area contributed by atoms with Crippen LogP contribution in [0.3, 0.4) is 0 Å². The lowest BCUT2D eigenvalue weighted by molar-refractivity contribution is 0.249. The van der Waals surface area contributed by atoms with E-state index < -0.39 is 0 Å². The average Bonchev–Trinajstić information content (AvgIpc) is 2.69. The molecule has 0 aromatic heterocycles. The van der Waals surface area contributed by atoms with E-state index in [9.17, 15) is 0 Å². The second kappa shape index (κ2) is 9.75. The first-order valence-electron chi connectivity index (χ1n) is 11.0. The van der Waals surface area contributed by atoms with Crippen LogP contribution < -0.4 is 5.43 Å². The molecule has 6 heteroatoms. The fourth-order valence-electron chi connectivity index (χ4n) is 4.01. The van der Waals surface area contributed by atoms with Crippen molar-refractivity contribution in [3.63, 3.8) is 0 Å². The normalized spacial score (nSPS) is 20.1. The maximum atomic E-state index is 5.11. The SMILES string of the molecule is CN(C)CCN/N=C1/CC(C)(C)CC2=C1CC(c1ccccc1)=NN2CCN(C)C. The molecule has 1 aromatic carbocycles. The molecule has 0 fully saturated rings. The van der Waals surface area contributed by atoms with Crippen LogP contribution in [0.25, 0.3) is 0 Å². The molecule has 0 saturated carbocycles. The number of nitrogens with zero attached hydrogens (tertiary/aromatic N) is 5. The predicted octanol–water partition coefficient (Wildman–Crippen LogP) is 3.24. The highest BCUT2D eigenvalue weighted by atomic mass is 15.5. The fraction of sp³-hybridized carbons (Fsp3) is 0.583. The second-order valence-electron chi connectivity index (χ2n) is 9.73. The molecular formula is C24H38N6. The molecule has 1 heterocycles. The summed E-state index contributed by atoms with van der Waals surface area (Å²) in [5.41, 5.74) is 9.73. The smallest absolute Gasteiger partial charge is 0.0726 e. The summed E-state index contributed by atoms with van der Waals surface area (Å²) in [6.45, 7) is 8.36. The maximum Gasteiger partial charge on any atom is 0.0726 e. The Morgan fingerprint density at radius 1 is 1.03 bits per heavy atom. The van der Waals surface area contributed by atoms with Crippen LogP contribution >= 0.6 is 0 Å². The van der Waals surface area contributed by atoms with Gasteiger partial charge in [-0.1, -0.05) is 44.2 Å². The molecule has 0 spiro atoms. The third-order valence-electron chi connectivity index (χ3n) is 5.64. The van der Waals surface area contributed by atoms with Crippen molar-refractivity contribution in [1.82, 2.24) is 20.2 Å². The Morgan fingerprint density at radius 2 is 1.73 bits per heavy atom. The van der Waals surface area contributed by atoms with Crippen molar-refractivity contribution in [2.75, 3.05) is 54.4 Å². The van der Waals surface area contributed by atoms with Crippen LogP contribution in [-0.2, 0) is 0 Å². The van der Waals surface area contributed by atoms with Gasteiger partial charge in [0.2, 0.25) is 0 Å². The van der Waals surface area contributed by atoms with E-state index in [-0.39, 0.29) is 5.41 Å². The van der Waals surface area contributed by atoms with Crippen LogP contribution in [0.4, 0.5) is 0 Å². The zero-order valence-electron chi connectivity index (χ0n) is 19.6. The standard InChI is InChI=1S/C24H38N6/c1-24(2)17-22(26-25-12-13-28(3)4)20-16-21(19-10-8-7-9-11-19)27-30(23(20)18-24)15-14-29(5)6/h7-11,25H,12-18H2,1-6H3/b26-22-. The summed E-state index contributed by atoms with van der Waals surface area (Å²) >= 11 is 0. The first kappa shape index (κ1) is 22.5. The lowest BCUT2D eigenvalue weighted by Crippen LogP contribution is -2.39. The molecule has 1 aromatic rings. The molecule has 30 heavy (non-hydrogen) atoms. The van der Waals surface area contributed by atoms with Gasteiger partial charge < -0.3 is 15.2 Å². The zero-order chi connectivity index (χ0) is 21.7. The Labute approximate surface area is 182 Å². The third-order valence-corrected chi connectivity index (χ3v) is 5.64. The monoisotopic (exact) mass is 410 g/mol. The van der Waals surface area contributed by atoms with Crippen molar-refractivity contribution in [2.45, 2.75) is 33.1 Å². The van der Waals surface area contributed by atoms with Crippen molar-refractivity contribution >= 4 is 11.4 Å². The molecule has 164 valence electrons. The van der Waals surface area contributed by atoms with Crippen LogP contribution in [0.1, 0.15) is 38.7 Å². The van der Waals surface area contributed by atoms with Gasteiger partial charge in [0, 0.05) is 37.3 Å². The Hall–Kier alpha value is -2.18. The highest BCUT2D eigenvalue weighted by Crippen LogP contribution is 2.42. The number of benzene rings is 1. The molecule has 1 aliphatic heterocycles. The van der Waals surface area contributed by atoms with Crippen molar-refractivity contribution in [3.05, 3.63) is 47.2 Å². The molecule has 0 unspecified atom stereocenters. The quantitative estimate of drug-likeness (QED) is 0.528. The number of likely N-dealkylation sites (N-methyl/N-ethyl adjacent to an activating group) is 2. The molecule has 1 N–H and O–H groups in total. The molecule has 2 aliphatic rings. The van der Waals surface area contributed by atoms with Gasteiger partial charge in [0.05, 0.1) is 18.0 Å². The van der Waals surface area contributed by atoms with Gasteiger partial charge in [-0.25, -0.2) is 0 Å².